The van der Waals surface area contributed by atoms with E-state index in [1.54, 1.807) is 0 Å². The van der Waals surface area contributed by atoms with Gasteiger partial charge in [0.2, 0.25) is 5.91 Å². The van der Waals surface area contributed by atoms with Crippen LogP contribution in [-0.2, 0) is 4.79 Å². The summed E-state index contributed by atoms with van der Waals surface area (Å²) in [5.41, 5.74) is 0.0368. The lowest BCUT2D eigenvalue weighted by Crippen LogP contribution is -2.41. The highest BCUT2D eigenvalue weighted by atomic mass is 16.2. The topological polar surface area (TPSA) is 20.3 Å². The molecule has 1 amide bonds. The third-order valence-corrected chi connectivity index (χ3v) is 4.63. The lowest BCUT2D eigenvalue weighted by Gasteiger charge is -2.33. The van der Waals surface area contributed by atoms with Crippen molar-refractivity contribution >= 4 is 5.91 Å². The number of hydrogen-bond donors (Lipinski definition) is 0. The molecule has 0 bridgehead atoms. The predicted octanol–water partition coefficient (Wildman–Crippen LogP) is 3.61. The highest BCUT2D eigenvalue weighted by Gasteiger charge is 2.47. The van der Waals surface area contributed by atoms with Crippen molar-refractivity contribution in [2.45, 2.75) is 65.2 Å². The van der Waals surface area contributed by atoms with Gasteiger partial charge in [-0.25, -0.2) is 0 Å². The molecule has 17 heavy (non-hydrogen) atoms. The standard InChI is InChI=1S/C15H27NO/c1-3-4-5-6-13-7-11-16(12-8-13)14(17)15(2)9-10-15/h13H,3-12H2,1-2H3. The first-order valence-electron chi connectivity index (χ1n) is 7.45. The quantitative estimate of drug-likeness (QED) is 0.669. The third kappa shape index (κ3) is 3.23. The molecule has 0 N–H and O–H groups in total. The number of rotatable bonds is 5. The zero-order valence-electron chi connectivity index (χ0n) is 11.5. The van der Waals surface area contributed by atoms with Crippen LogP contribution in [0.2, 0.25) is 0 Å². The molecule has 0 aromatic carbocycles. The van der Waals surface area contributed by atoms with Gasteiger partial charge in [-0.05, 0) is 31.6 Å². The lowest BCUT2D eigenvalue weighted by molar-refractivity contribution is -0.137. The summed E-state index contributed by atoms with van der Waals surface area (Å²) in [6.07, 6.45) is 10.2. The number of piperidine rings is 1. The Balaban J connectivity index is 1.69. The van der Waals surface area contributed by atoms with Crippen molar-refractivity contribution in [3.63, 3.8) is 0 Å². The number of nitrogens with zero attached hydrogens (tertiary/aromatic N) is 1. The molecule has 1 heterocycles. The van der Waals surface area contributed by atoms with Gasteiger partial charge >= 0.3 is 0 Å². The summed E-state index contributed by atoms with van der Waals surface area (Å²) in [4.78, 5) is 14.3. The van der Waals surface area contributed by atoms with Crippen LogP contribution in [0.5, 0.6) is 0 Å². The van der Waals surface area contributed by atoms with Gasteiger partial charge in [-0.2, -0.15) is 0 Å². The van der Waals surface area contributed by atoms with Crippen LogP contribution in [0.25, 0.3) is 0 Å². The Kier molecular flexibility index (Phi) is 4.11. The molecule has 2 aliphatic rings. The van der Waals surface area contributed by atoms with Crippen LogP contribution in [0.1, 0.15) is 65.2 Å². The van der Waals surface area contributed by atoms with Gasteiger partial charge < -0.3 is 4.90 Å². The van der Waals surface area contributed by atoms with E-state index in [-0.39, 0.29) is 5.41 Å². The molecule has 2 rings (SSSR count). The van der Waals surface area contributed by atoms with Gasteiger partial charge in [0, 0.05) is 18.5 Å². The summed E-state index contributed by atoms with van der Waals surface area (Å²) in [5.74, 6) is 1.32. The van der Waals surface area contributed by atoms with Gasteiger partial charge in [-0.1, -0.05) is 39.5 Å². The van der Waals surface area contributed by atoms with Gasteiger partial charge in [0.05, 0.1) is 0 Å². The minimum Gasteiger partial charge on any atom is -0.342 e. The van der Waals surface area contributed by atoms with Crippen molar-refractivity contribution in [1.29, 1.82) is 0 Å². The molecule has 0 radical (unpaired) electrons. The van der Waals surface area contributed by atoms with Gasteiger partial charge in [-0.15, -0.1) is 0 Å². The summed E-state index contributed by atoms with van der Waals surface area (Å²) in [7, 11) is 0. The van der Waals surface area contributed by atoms with Crippen LogP contribution in [0.4, 0.5) is 0 Å². The Hall–Kier alpha value is -0.530. The van der Waals surface area contributed by atoms with Gasteiger partial charge in [0.25, 0.3) is 0 Å². The molecule has 1 aliphatic carbocycles. The van der Waals surface area contributed by atoms with Crippen molar-refractivity contribution in [2.75, 3.05) is 13.1 Å². The average molecular weight is 237 g/mol. The first-order valence-corrected chi connectivity index (χ1v) is 7.45. The Labute approximate surface area is 106 Å². The van der Waals surface area contributed by atoms with E-state index in [1.807, 2.05) is 0 Å². The van der Waals surface area contributed by atoms with E-state index in [9.17, 15) is 4.79 Å². The molecule has 1 aliphatic heterocycles. The Morgan fingerprint density at radius 1 is 1.24 bits per heavy atom. The maximum absolute atomic E-state index is 12.2. The van der Waals surface area contributed by atoms with E-state index >= 15 is 0 Å². The van der Waals surface area contributed by atoms with Crippen LogP contribution in [-0.4, -0.2) is 23.9 Å². The van der Waals surface area contributed by atoms with Crippen LogP contribution >= 0.6 is 0 Å². The van der Waals surface area contributed by atoms with E-state index in [4.69, 9.17) is 0 Å². The number of carbonyl (C=O) groups excluding carboxylic acids is 1. The van der Waals surface area contributed by atoms with E-state index in [2.05, 4.69) is 18.7 Å². The molecule has 98 valence electrons. The highest BCUT2D eigenvalue weighted by Crippen LogP contribution is 2.47. The van der Waals surface area contributed by atoms with Crippen molar-refractivity contribution in [2.24, 2.45) is 11.3 Å². The van der Waals surface area contributed by atoms with E-state index < -0.39 is 0 Å². The summed E-state index contributed by atoms with van der Waals surface area (Å²) in [6, 6.07) is 0. The first kappa shape index (κ1) is 12.9. The second kappa shape index (κ2) is 5.41. The zero-order chi connectivity index (χ0) is 12.3. The minimum atomic E-state index is 0.0368. The maximum atomic E-state index is 12.2. The molecular formula is C15H27NO. The summed E-state index contributed by atoms with van der Waals surface area (Å²) in [5, 5.41) is 0. The van der Waals surface area contributed by atoms with Crippen LogP contribution in [0.15, 0.2) is 0 Å². The summed E-state index contributed by atoms with van der Waals surface area (Å²) in [6.45, 7) is 6.43. The van der Waals surface area contributed by atoms with Crippen molar-refractivity contribution in [1.82, 2.24) is 4.90 Å². The fourth-order valence-corrected chi connectivity index (χ4v) is 2.89. The van der Waals surface area contributed by atoms with Crippen LogP contribution < -0.4 is 0 Å². The number of hydrogen-bond acceptors (Lipinski definition) is 1. The zero-order valence-corrected chi connectivity index (χ0v) is 11.5. The molecule has 2 heteroatoms. The Morgan fingerprint density at radius 2 is 1.88 bits per heavy atom. The summed E-state index contributed by atoms with van der Waals surface area (Å²) >= 11 is 0. The predicted molar refractivity (Wildman–Crippen MR) is 70.8 cm³/mol. The second-order valence-electron chi connectivity index (χ2n) is 6.29. The van der Waals surface area contributed by atoms with E-state index in [0.717, 1.165) is 31.8 Å². The molecule has 1 saturated heterocycles. The average Bonchev–Trinajstić information content (AvgIpc) is 3.09. The molecule has 0 atom stereocenters. The van der Waals surface area contributed by atoms with Crippen molar-refractivity contribution in [3.8, 4) is 0 Å². The molecule has 0 aromatic rings. The third-order valence-electron chi connectivity index (χ3n) is 4.63. The number of likely N-dealkylation sites (tertiary alicyclic amines) is 1. The molecule has 2 fully saturated rings. The monoisotopic (exact) mass is 237 g/mol. The Morgan fingerprint density at radius 3 is 2.41 bits per heavy atom. The van der Waals surface area contributed by atoms with Gasteiger partial charge in [0.1, 0.15) is 0 Å². The molecule has 0 unspecified atom stereocenters. The lowest BCUT2D eigenvalue weighted by atomic mass is 9.90. The minimum absolute atomic E-state index is 0.0368. The van der Waals surface area contributed by atoms with Gasteiger partial charge in [0.15, 0.2) is 0 Å². The molecule has 1 saturated carbocycles. The Bertz CT molecular complexity index is 262. The van der Waals surface area contributed by atoms with Crippen molar-refractivity contribution in [3.05, 3.63) is 0 Å². The molecule has 0 spiro atoms. The normalized spacial score (nSPS) is 23.8. The maximum Gasteiger partial charge on any atom is 0.228 e. The number of amides is 1. The molecule has 0 aromatic heterocycles. The molecular weight excluding hydrogens is 210 g/mol. The van der Waals surface area contributed by atoms with Gasteiger partial charge in [-0.3, -0.25) is 4.79 Å². The largest absolute Gasteiger partial charge is 0.342 e. The van der Waals surface area contributed by atoms with E-state index in [0.29, 0.717) is 5.91 Å². The van der Waals surface area contributed by atoms with Crippen LogP contribution in [0, 0.1) is 11.3 Å². The smallest absolute Gasteiger partial charge is 0.228 e. The number of unbranched alkanes of at least 4 members (excludes halogenated alkanes) is 2. The highest BCUT2D eigenvalue weighted by molar-refractivity contribution is 5.84. The van der Waals surface area contributed by atoms with Crippen LogP contribution in [0.3, 0.4) is 0 Å². The SMILES string of the molecule is CCCCCC1CCN(C(=O)C2(C)CC2)CC1. The second-order valence-corrected chi connectivity index (χ2v) is 6.29. The van der Waals surface area contributed by atoms with Crippen molar-refractivity contribution < 1.29 is 4.79 Å². The first-order chi connectivity index (χ1) is 8.15. The number of carbonyl (C=O) groups is 1. The molecule has 2 nitrogen and oxygen atoms in total. The fraction of sp³-hybridized carbons (Fsp3) is 0.933. The van der Waals surface area contributed by atoms with E-state index in [1.165, 1.54) is 38.5 Å². The summed E-state index contributed by atoms with van der Waals surface area (Å²) < 4.78 is 0. The fourth-order valence-electron chi connectivity index (χ4n) is 2.89.